The maximum Gasteiger partial charge on any atom is 0.251 e. The van der Waals surface area contributed by atoms with Gasteiger partial charge >= 0.3 is 0 Å². The Bertz CT molecular complexity index is 334. The average Bonchev–Trinajstić information content (AvgIpc) is 2.89. The smallest absolute Gasteiger partial charge is 0.251 e. The van der Waals surface area contributed by atoms with Gasteiger partial charge in [0.1, 0.15) is 6.10 Å². The summed E-state index contributed by atoms with van der Waals surface area (Å²) in [6.45, 7) is 10.2. The van der Waals surface area contributed by atoms with Gasteiger partial charge in [0, 0.05) is 39.3 Å². The molecule has 6 nitrogen and oxygen atoms in total. The van der Waals surface area contributed by atoms with E-state index in [1.807, 2.05) is 11.8 Å². The first-order valence-corrected chi connectivity index (χ1v) is 7.84. The molecule has 2 aliphatic heterocycles. The number of carbonyl (C=O) groups excluding carboxylic acids is 1. The summed E-state index contributed by atoms with van der Waals surface area (Å²) in [5.74, 6) is 0.590. The second-order valence-electron chi connectivity index (χ2n) is 5.94. The van der Waals surface area contributed by atoms with Crippen LogP contribution in [0.15, 0.2) is 0 Å². The summed E-state index contributed by atoms with van der Waals surface area (Å²) in [7, 11) is 1.63. The van der Waals surface area contributed by atoms with Gasteiger partial charge in [-0.3, -0.25) is 9.69 Å². The zero-order valence-electron chi connectivity index (χ0n) is 13.4. The van der Waals surface area contributed by atoms with E-state index in [9.17, 15) is 4.79 Å². The van der Waals surface area contributed by atoms with Gasteiger partial charge in [0.2, 0.25) is 0 Å². The molecule has 2 rings (SSSR count). The second kappa shape index (κ2) is 8.08. The third-order valence-corrected chi connectivity index (χ3v) is 4.40. The molecule has 6 heteroatoms. The van der Waals surface area contributed by atoms with Crippen molar-refractivity contribution in [2.75, 3.05) is 59.7 Å². The first-order chi connectivity index (χ1) is 10.1. The predicted octanol–water partition coefficient (Wildman–Crippen LogP) is 0.217. The van der Waals surface area contributed by atoms with E-state index in [2.05, 4.69) is 11.8 Å². The molecule has 0 spiro atoms. The molecule has 2 fully saturated rings. The maximum absolute atomic E-state index is 12.4. The van der Waals surface area contributed by atoms with Crippen LogP contribution in [0, 0.1) is 5.92 Å². The molecule has 0 unspecified atom stereocenters. The van der Waals surface area contributed by atoms with Gasteiger partial charge in [-0.05, 0) is 12.8 Å². The molecule has 2 saturated heterocycles. The summed E-state index contributed by atoms with van der Waals surface area (Å²) in [5, 5.41) is 0. The lowest BCUT2D eigenvalue weighted by atomic mass is 10.0. The molecule has 0 aromatic heterocycles. The van der Waals surface area contributed by atoms with Crippen molar-refractivity contribution >= 4 is 5.91 Å². The van der Waals surface area contributed by atoms with Gasteiger partial charge in [0.25, 0.3) is 5.91 Å². The van der Waals surface area contributed by atoms with E-state index in [4.69, 9.17) is 14.2 Å². The lowest BCUT2D eigenvalue weighted by Crippen LogP contribution is -2.47. The van der Waals surface area contributed by atoms with Crippen LogP contribution < -0.4 is 0 Å². The van der Waals surface area contributed by atoms with E-state index in [0.717, 1.165) is 39.4 Å². The monoisotopic (exact) mass is 300 g/mol. The minimum absolute atomic E-state index is 0.0914. The van der Waals surface area contributed by atoms with E-state index in [0.29, 0.717) is 25.2 Å². The van der Waals surface area contributed by atoms with Crippen LogP contribution in [0.3, 0.4) is 0 Å². The topological polar surface area (TPSA) is 51.2 Å². The van der Waals surface area contributed by atoms with E-state index in [-0.39, 0.29) is 5.91 Å². The second-order valence-corrected chi connectivity index (χ2v) is 5.94. The number of hydrogen-bond donors (Lipinski definition) is 0. The van der Waals surface area contributed by atoms with Gasteiger partial charge in [-0.25, -0.2) is 0 Å². The van der Waals surface area contributed by atoms with Crippen molar-refractivity contribution in [1.82, 2.24) is 9.80 Å². The molecule has 3 atom stereocenters. The molecule has 2 aliphatic rings. The number of nitrogens with zero attached hydrogens (tertiary/aromatic N) is 2. The summed E-state index contributed by atoms with van der Waals surface area (Å²) in [5.41, 5.74) is 0. The van der Waals surface area contributed by atoms with Crippen LogP contribution in [0.4, 0.5) is 0 Å². The Kier molecular flexibility index (Phi) is 6.41. The molecular weight excluding hydrogens is 272 g/mol. The predicted molar refractivity (Wildman–Crippen MR) is 79.2 cm³/mol. The van der Waals surface area contributed by atoms with Crippen molar-refractivity contribution < 1.29 is 19.0 Å². The van der Waals surface area contributed by atoms with Crippen LogP contribution in [0.5, 0.6) is 0 Å². The number of carbonyl (C=O) groups is 1. The molecule has 0 radical (unpaired) electrons. The fourth-order valence-corrected chi connectivity index (χ4v) is 3.15. The molecule has 1 amide bonds. The number of morpholine rings is 1. The summed E-state index contributed by atoms with van der Waals surface area (Å²) in [6.07, 6.45) is -0.393. The van der Waals surface area contributed by atoms with Crippen molar-refractivity contribution in [1.29, 1.82) is 0 Å². The molecule has 0 N–H and O–H groups in total. The highest BCUT2D eigenvalue weighted by Crippen LogP contribution is 2.23. The van der Waals surface area contributed by atoms with Crippen molar-refractivity contribution in [3.05, 3.63) is 0 Å². The molecule has 2 heterocycles. The third-order valence-electron chi connectivity index (χ3n) is 4.40. The molecule has 0 aromatic carbocycles. The molecule has 0 aromatic rings. The van der Waals surface area contributed by atoms with Gasteiger partial charge in [-0.1, -0.05) is 6.92 Å². The number of methoxy groups -OCH3 is 1. The highest BCUT2D eigenvalue weighted by atomic mass is 16.5. The van der Waals surface area contributed by atoms with E-state index < -0.39 is 6.10 Å². The van der Waals surface area contributed by atoms with Crippen LogP contribution in [-0.2, 0) is 19.0 Å². The van der Waals surface area contributed by atoms with Crippen LogP contribution >= 0.6 is 0 Å². The first kappa shape index (κ1) is 16.7. The molecule has 0 aliphatic carbocycles. The van der Waals surface area contributed by atoms with E-state index >= 15 is 0 Å². The lowest BCUT2D eigenvalue weighted by molar-refractivity contribution is -0.142. The number of ether oxygens (including phenoxy) is 3. The summed E-state index contributed by atoms with van der Waals surface area (Å²) in [6, 6.07) is 0.448. The first-order valence-electron chi connectivity index (χ1n) is 7.84. The van der Waals surface area contributed by atoms with E-state index in [1.54, 1.807) is 7.11 Å². The van der Waals surface area contributed by atoms with Gasteiger partial charge in [-0.15, -0.1) is 0 Å². The maximum atomic E-state index is 12.4. The fourth-order valence-electron chi connectivity index (χ4n) is 3.15. The highest BCUT2D eigenvalue weighted by molar-refractivity contribution is 5.80. The van der Waals surface area contributed by atoms with Gasteiger partial charge in [0.05, 0.1) is 26.4 Å². The minimum Gasteiger partial charge on any atom is -0.382 e. The number of rotatable bonds is 6. The number of hydrogen-bond acceptors (Lipinski definition) is 5. The minimum atomic E-state index is -0.393. The quantitative estimate of drug-likeness (QED) is 0.657. The molecular formula is C15H28N2O4. The standard InChI is InChI=1S/C15H28N2O4/c1-12-10-17(15(18)13(2)21-9-8-19-3)11-14(12)16-4-6-20-7-5-16/h12-14H,4-11H2,1-3H3/t12-,13+,14+/m0/s1. The lowest BCUT2D eigenvalue weighted by Gasteiger charge is -2.34. The Morgan fingerprint density at radius 1 is 1.29 bits per heavy atom. The van der Waals surface area contributed by atoms with Gasteiger partial charge in [-0.2, -0.15) is 0 Å². The van der Waals surface area contributed by atoms with Gasteiger partial charge in [0.15, 0.2) is 0 Å². The molecule has 0 saturated carbocycles. The highest BCUT2D eigenvalue weighted by Gasteiger charge is 2.37. The zero-order valence-corrected chi connectivity index (χ0v) is 13.4. The normalized spacial score (nSPS) is 28.8. The Morgan fingerprint density at radius 2 is 2.00 bits per heavy atom. The summed E-state index contributed by atoms with van der Waals surface area (Å²) in [4.78, 5) is 16.8. The van der Waals surface area contributed by atoms with Gasteiger partial charge < -0.3 is 19.1 Å². The van der Waals surface area contributed by atoms with Crippen molar-refractivity contribution in [2.24, 2.45) is 5.92 Å². The summed E-state index contributed by atoms with van der Waals surface area (Å²) >= 11 is 0. The average molecular weight is 300 g/mol. The number of amides is 1. The van der Waals surface area contributed by atoms with E-state index in [1.165, 1.54) is 0 Å². The third kappa shape index (κ3) is 4.39. The Hall–Kier alpha value is -0.690. The Balaban J connectivity index is 1.83. The molecule has 0 bridgehead atoms. The van der Waals surface area contributed by atoms with Crippen molar-refractivity contribution in [3.63, 3.8) is 0 Å². The van der Waals surface area contributed by atoms with Crippen LogP contribution in [0.2, 0.25) is 0 Å². The Morgan fingerprint density at radius 3 is 2.67 bits per heavy atom. The molecule has 122 valence electrons. The largest absolute Gasteiger partial charge is 0.382 e. The Labute approximate surface area is 127 Å². The number of likely N-dealkylation sites (tertiary alicyclic amines) is 1. The summed E-state index contributed by atoms with van der Waals surface area (Å²) < 4.78 is 15.9. The molecule has 21 heavy (non-hydrogen) atoms. The zero-order chi connectivity index (χ0) is 15.2. The van der Waals surface area contributed by atoms with Crippen molar-refractivity contribution in [2.45, 2.75) is 26.0 Å². The van der Waals surface area contributed by atoms with Crippen molar-refractivity contribution in [3.8, 4) is 0 Å². The SMILES string of the molecule is COCCO[C@H](C)C(=O)N1C[C@@H](N2CCOCC2)[C@@H](C)C1. The fraction of sp³-hybridized carbons (Fsp3) is 0.933. The van der Waals surface area contributed by atoms with Crippen LogP contribution in [0.1, 0.15) is 13.8 Å². The van der Waals surface area contributed by atoms with Crippen LogP contribution in [-0.4, -0.2) is 87.6 Å². The van der Waals surface area contributed by atoms with Crippen LogP contribution in [0.25, 0.3) is 0 Å².